The van der Waals surface area contributed by atoms with Crippen LogP contribution < -0.4 is 10.6 Å². The molecule has 1 aliphatic heterocycles. The molecular formula is C18H17N7O3. The Hall–Kier alpha value is -3.66. The third kappa shape index (κ3) is 3.58. The standard InChI is InChI=1S/C18H17N7O3/c26-18(20-9-12-1-2-14-10-19-6-5-13(14)7-12)16-8-15(25(27)28)3-4-17(16)24-11-21-22-23-24/h1-4,7-8,11,19H,5-6,9-10H2,(H,20,26). The number of hydrogen-bond donors (Lipinski definition) is 2. The number of nitrogens with one attached hydrogen (secondary N) is 2. The summed E-state index contributed by atoms with van der Waals surface area (Å²) in [5, 5.41) is 28.1. The van der Waals surface area contributed by atoms with Gasteiger partial charge in [-0.3, -0.25) is 14.9 Å². The van der Waals surface area contributed by atoms with Crippen molar-refractivity contribution in [1.82, 2.24) is 30.8 Å². The molecule has 1 amide bonds. The molecule has 1 aromatic heterocycles. The molecule has 0 saturated heterocycles. The van der Waals surface area contributed by atoms with Crippen molar-refractivity contribution < 1.29 is 9.72 Å². The molecule has 0 saturated carbocycles. The highest BCUT2D eigenvalue weighted by atomic mass is 16.6. The van der Waals surface area contributed by atoms with E-state index in [2.05, 4.69) is 38.3 Å². The SMILES string of the molecule is O=C(NCc1ccc2c(c1)CCNC2)c1cc([N+](=O)[O-])ccc1-n1cnnn1. The molecule has 10 heteroatoms. The van der Waals surface area contributed by atoms with Crippen molar-refractivity contribution in [1.29, 1.82) is 0 Å². The maximum atomic E-state index is 12.8. The fourth-order valence-corrected chi connectivity index (χ4v) is 3.21. The maximum absolute atomic E-state index is 12.8. The van der Waals surface area contributed by atoms with E-state index in [1.807, 2.05) is 6.07 Å². The van der Waals surface area contributed by atoms with E-state index in [1.54, 1.807) is 0 Å². The van der Waals surface area contributed by atoms with Crippen LogP contribution in [0.5, 0.6) is 0 Å². The van der Waals surface area contributed by atoms with Gasteiger partial charge in [0.2, 0.25) is 0 Å². The Morgan fingerprint density at radius 2 is 2.14 bits per heavy atom. The Balaban J connectivity index is 1.57. The normalized spacial score (nSPS) is 13.0. The predicted octanol–water partition coefficient (Wildman–Crippen LogP) is 1.15. The summed E-state index contributed by atoms with van der Waals surface area (Å²) < 4.78 is 1.30. The number of aromatic nitrogens is 4. The van der Waals surface area contributed by atoms with E-state index in [9.17, 15) is 14.9 Å². The number of hydrogen-bond acceptors (Lipinski definition) is 7. The molecule has 1 aliphatic rings. The summed E-state index contributed by atoms with van der Waals surface area (Å²) in [5.74, 6) is -0.436. The van der Waals surface area contributed by atoms with Crippen LogP contribution in [-0.4, -0.2) is 37.6 Å². The Bertz CT molecular complexity index is 1030. The van der Waals surface area contributed by atoms with Gasteiger partial charge in [-0.1, -0.05) is 18.2 Å². The molecule has 0 unspecified atom stereocenters. The predicted molar refractivity (Wildman–Crippen MR) is 98.8 cm³/mol. The maximum Gasteiger partial charge on any atom is 0.270 e. The van der Waals surface area contributed by atoms with Gasteiger partial charge in [0, 0.05) is 25.2 Å². The van der Waals surface area contributed by atoms with Gasteiger partial charge in [0.1, 0.15) is 6.33 Å². The van der Waals surface area contributed by atoms with Gasteiger partial charge in [-0.2, -0.15) is 4.68 Å². The van der Waals surface area contributed by atoms with Gasteiger partial charge in [0.05, 0.1) is 16.2 Å². The number of nitrogens with zero attached hydrogens (tertiary/aromatic N) is 5. The minimum atomic E-state index is -0.544. The van der Waals surface area contributed by atoms with E-state index in [-0.39, 0.29) is 11.3 Å². The zero-order chi connectivity index (χ0) is 19.5. The third-order valence-electron chi connectivity index (χ3n) is 4.64. The molecule has 0 fully saturated rings. The van der Waals surface area contributed by atoms with Crippen LogP contribution in [0.25, 0.3) is 5.69 Å². The second-order valence-corrected chi connectivity index (χ2v) is 6.43. The zero-order valence-electron chi connectivity index (χ0n) is 14.8. The van der Waals surface area contributed by atoms with Crippen LogP contribution in [0.3, 0.4) is 0 Å². The molecule has 0 bridgehead atoms. The number of fused-ring (bicyclic) bond motifs is 1. The van der Waals surface area contributed by atoms with E-state index in [4.69, 9.17) is 0 Å². The highest BCUT2D eigenvalue weighted by molar-refractivity contribution is 5.98. The average molecular weight is 379 g/mol. The van der Waals surface area contributed by atoms with Crippen LogP contribution in [0.1, 0.15) is 27.0 Å². The number of benzene rings is 2. The van der Waals surface area contributed by atoms with Crippen LogP contribution >= 0.6 is 0 Å². The molecule has 2 N–H and O–H groups in total. The molecule has 0 aliphatic carbocycles. The summed E-state index contributed by atoms with van der Waals surface area (Å²) in [6.07, 6.45) is 2.28. The Kier molecular flexibility index (Phi) is 4.77. The molecule has 3 aromatic rings. The molecule has 2 heterocycles. The molecule has 10 nitrogen and oxygen atoms in total. The number of carbonyl (C=O) groups excluding carboxylic acids is 1. The number of nitro benzene ring substituents is 1. The minimum Gasteiger partial charge on any atom is -0.348 e. The van der Waals surface area contributed by atoms with Gasteiger partial charge in [0.15, 0.2) is 0 Å². The number of amides is 1. The quantitative estimate of drug-likeness (QED) is 0.503. The van der Waals surface area contributed by atoms with Crippen molar-refractivity contribution >= 4 is 11.6 Å². The van der Waals surface area contributed by atoms with E-state index in [0.29, 0.717) is 12.2 Å². The second-order valence-electron chi connectivity index (χ2n) is 6.43. The van der Waals surface area contributed by atoms with E-state index in [0.717, 1.165) is 25.1 Å². The van der Waals surface area contributed by atoms with Crippen molar-refractivity contribution in [2.45, 2.75) is 19.5 Å². The summed E-state index contributed by atoms with van der Waals surface area (Å²) in [6, 6.07) is 10.1. The summed E-state index contributed by atoms with van der Waals surface area (Å²) in [6.45, 7) is 2.11. The molecule has 0 spiro atoms. The van der Waals surface area contributed by atoms with Gasteiger partial charge < -0.3 is 10.6 Å². The lowest BCUT2D eigenvalue weighted by Gasteiger charge is -2.18. The average Bonchev–Trinajstić information content (AvgIpc) is 3.26. The van der Waals surface area contributed by atoms with Crippen LogP contribution in [0.2, 0.25) is 0 Å². The van der Waals surface area contributed by atoms with E-state index >= 15 is 0 Å². The third-order valence-corrected chi connectivity index (χ3v) is 4.64. The Morgan fingerprint density at radius 1 is 1.25 bits per heavy atom. The number of tetrazole rings is 1. The van der Waals surface area contributed by atoms with Gasteiger partial charge >= 0.3 is 0 Å². The zero-order valence-corrected chi connectivity index (χ0v) is 14.8. The van der Waals surface area contributed by atoms with E-state index < -0.39 is 10.8 Å². The summed E-state index contributed by atoms with van der Waals surface area (Å²) in [7, 11) is 0. The minimum absolute atomic E-state index is 0.128. The summed E-state index contributed by atoms with van der Waals surface area (Å²) in [4.78, 5) is 23.3. The number of non-ortho nitro benzene ring substituents is 1. The van der Waals surface area contributed by atoms with Crippen LogP contribution in [0.15, 0.2) is 42.7 Å². The first kappa shape index (κ1) is 17.7. The molecule has 0 atom stereocenters. The number of nitro groups is 1. The molecule has 2 aromatic carbocycles. The van der Waals surface area contributed by atoms with Crippen molar-refractivity contribution in [2.75, 3.05) is 6.54 Å². The molecular weight excluding hydrogens is 362 g/mol. The van der Waals surface area contributed by atoms with Gasteiger partial charge in [-0.15, -0.1) is 5.10 Å². The summed E-state index contributed by atoms with van der Waals surface area (Å²) in [5.41, 5.74) is 3.83. The highest BCUT2D eigenvalue weighted by Gasteiger charge is 2.19. The topological polar surface area (TPSA) is 128 Å². The first-order chi connectivity index (χ1) is 13.6. The van der Waals surface area contributed by atoms with Crippen molar-refractivity contribution in [2.24, 2.45) is 0 Å². The van der Waals surface area contributed by atoms with Crippen LogP contribution in [-0.2, 0) is 19.5 Å². The van der Waals surface area contributed by atoms with Crippen molar-refractivity contribution in [3.63, 3.8) is 0 Å². The molecule has 0 radical (unpaired) electrons. The lowest BCUT2D eigenvalue weighted by Crippen LogP contribution is -2.26. The van der Waals surface area contributed by atoms with Gasteiger partial charge in [-0.25, -0.2) is 0 Å². The van der Waals surface area contributed by atoms with Crippen LogP contribution in [0, 0.1) is 10.1 Å². The van der Waals surface area contributed by atoms with Crippen molar-refractivity contribution in [3.05, 3.63) is 75.1 Å². The first-order valence-electron chi connectivity index (χ1n) is 8.73. The smallest absolute Gasteiger partial charge is 0.270 e. The lowest BCUT2D eigenvalue weighted by atomic mass is 9.98. The van der Waals surface area contributed by atoms with Crippen LogP contribution in [0.4, 0.5) is 5.69 Å². The Labute approximate surface area is 159 Å². The molecule has 142 valence electrons. The Morgan fingerprint density at radius 3 is 2.93 bits per heavy atom. The monoisotopic (exact) mass is 379 g/mol. The van der Waals surface area contributed by atoms with E-state index in [1.165, 1.54) is 40.3 Å². The first-order valence-corrected chi connectivity index (χ1v) is 8.73. The molecule has 4 rings (SSSR count). The fraction of sp³-hybridized carbons (Fsp3) is 0.222. The second kappa shape index (κ2) is 7.53. The largest absolute Gasteiger partial charge is 0.348 e. The van der Waals surface area contributed by atoms with Gasteiger partial charge in [-0.05, 0) is 46.1 Å². The molecule has 28 heavy (non-hydrogen) atoms. The summed E-state index contributed by atoms with van der Waals surface area (Å²) >= 11 is 0. The number of rotatable bonds is 5. The highest BCUT2D eigenvalue weighted by Crippen LogP contribution is 2.21. The fourth-order valence-electron chi connectivity index (χ4n) is 3.21. The van der Waals surface area contributed by atoms with Gasteiger partial charge in [0.25, 0.3) is 11.6 Å². The lowest BCUT2D eigenvalue weighted by molar-refractivity contribution is -0.384. The van der Waals surface area contributed by atoms with Crippen molar-refractivity contribution in [3.8, 4) is 5.69 Å². The number of carbonyl (C=O) groups is 1.